The molecule has 5 nitrogen and oxygen atoms in total. The molecule has 80 heavy (non-hydrogen) atoms. The first-order chi connectivity index (χ1) is 39.0. The molecule has 0 aliphatic heterocycles. The van der Waals surface area contributed by atoms with Gasteiger partial charge >= 0.3 is 471 Å². The Balaban J connectivity index is 1.23. The number of hydrogen-bond acceptors (Lipinski definition) is 2. The molecule has 0 amide bonds. The zero-order valence-corrected chi connectivity index (χ0v) is 47.7. The molecule has 14 rings (SSSR count). The molecule has 3 heterocycles. The van der Waals surface area contributed by atoms with Gasteiger partial charge in [0.25, 0.3) is 0 Å². The van der Waals surface area contributed by atoms with Crippen molar-refractivity contribution in [2.75, 3.05) is 0 Å². The van der Waals surface area contributed by atoms with Crippen LogP contribution in [0.3, 0.4) is 0 Å². The predicted molar refractivity (Wildman–Crippen MR) is 336 cm³/mol. The van der Waals surface area contributed by atoms with Crippen molar-refractivity contribution in [2.24, 2.45) is 0 Å². The summed E-state index contributed by atoms with van der Waals surface area (Å²) >= 11 is -4.28. The van der Waals surface area contributed by atoms with Gasteiger partial charge in [-0.2, -0.15) is 0 Å². The third-order valence-corrected chi connectivity index (χ3v) is 26.7. The summed E-state index contributed by atoms with van der Waals surface area (Å²) in [7, 11) is 0. The Morgan fingerprint density at radius 1 is 0.287 bits per heavy atom. The van der Waals surface area contributed by atoms with E-state index in [0.29, 0.717) is 11.1 Å². The zero-order valence-electron chi connectivity index (χ0n) is 45.6. The van der Waals surface area contributed by atoms with Gasteiger partial charge in [0.2, 0.25) is 0 Å². The van der Waals surface area contributed by atoms with Crippen molar-refractivity contribution in [1.82, 2.24) is 13.7 Å². The van der Waals surface area contributed by atoms with Crippen molar-refractivity contribution in [2.45, 2.75) is 41.5 Å². The Bertz CT molecular complexity index is 4600. The molecule has 380 valence electrons. The molecule has 0 fully saturated rings. The standard InChI is InChI=1S/C74H55GeN5/c1-46-17-29-66-60(35-46)61-36-47(2)18-30-67(61)78(66)72-42-59(75(56-13-9-7-10-14-56,57-15-11-8-12-16-57)58-27-25-52(26-28-58)53-23-24-54(44-76)55(41-53)45-77)43-73(79-68-31-19-48(3)37-62(68)63-38-49(4)20-32-69(63)79)74(72)80-70-33-21-50(5)39-64(70)65-40-51(6)22-34-71(65)80/h7-43H,1-6H3. The van der Waals surface area contributed by atoms with Gasteiger partial charge in [-0.25, -0.2) is 0 Å². The summed E-state index contributed by atoms with van der Waals surface area (Å²) in [6, 6.07) is 88.7. The number of fused-ring (bicyclic) bond motifs is 9. The molecule has 0 spiro atoms. The van der Waals surface area contributed by atoms with E-state index < -0.39 is 13.3 Å². The minimum atomic E-state index is -4.28. The minimum absolute atomic E-state index is 0.370. The van der Waals surface area contributed by atoms with E-state index in [-0.39, 0.29) is 0 Å². The van der Waals surface area contributed by atoms with E-state index in [1.807, 2.05) is 12.1 Å². The molecule has 14 aromatic rings. The van der Waals surface area contributed by atoms with Gasteiger partial charge in [0, 0.05) is 0 Å². The number of nitrogens with zero attached hydrogens (tertiary/aromatic N) is 5. The van der Waals surface area contributed by atoms with E-state index in [0.717, 1.165) is 61.3 Å². The van der Waals surface area contributed by atoms with Crippen LogP contribution in [0.5, 0.6) is 0 Å². The summed E-state index contributed by atoms with van der Waals surface area (Å²) in [4.78, 5) is 0. The number of hydrogen-bond donors (Lipinski definition) is 0. The summed E-state index contributed by atoms with van der Waals surface area (Å²) in [5, 5.41) is 27.3. The maximum absolute atomic E-state index is 10.1. The maximum atomic E-state index is 10.1. The topological polar surface area (TPSA) is 62.4 Å². The molecule has 0 saturated heterocycles. The van der Waals surface area contributed by atoms with Crippen LogP contribution < -0.4 is 17.6 Å². The molecular formula is C74H55GeN5. The van der Waals surface area contributed by atoms with Crippen LogP contribution in [0.4, 0.5) is 0 Å². The second kappa shape index (κ2) is 18.8. The normalized spacial score (nSPS) is 11.8. The molecule has 0 aliphatic rings. The second-order valence-electron chi connectivity index (χ2n) is 22.0. The van der Waals surface area contributed by atoms with E-state index in [1.165, 1.54) is 83.3 Å². The Kier molecular flexibility index (Phi) is 11.4. The van der Waals surface area contributed by atoms with E-state index in [2.05, 4.69) is 274 Å². The number of nitriles is 2. The van der Waals surface area contributed by atoms with Crippen LogP contribution in [0.25, 0.3) is 93.6 Å². The molecule has 0 unspecified atom stereocenters. The number of rotatable bonds is 8. The molecule has 0 atom stereocenters. The fraction of sp³-hybridized carbons (Fsp3) is 0.0811. The quantitative estimate of drug-likeness (QED) is 0.142. The van der Waals surface area contributed by atoms with E-state index in [1.54, 1.807) is 6.07 Å². The average molecular weight is 1090 g/mol. The van der Waals surface area contributed by atoms with Crippen molar-refractivity contribution >= 4 is 96.3 Å². The van der Waals surface area contributed by atoms with Crippen LogP contribution in [-0.4, -0.2) is 27.0 Å². The first kappa shape index (κ1) is 48.7. The number of benzene rings is 11. The summed E-state index contributed by atoms with van der Waals surface area (Å²) < 4.78 is 12.9. The zero-order chi connectivity index (χ0) is 54.6. The van der Waals surface area contributed by atoms with E-state index in [4.69, 9.17) is 0 Å². The van der Waals surface area contributed by atoms with Crippen molar-refractivity contribution in [3.05, 3.63) is 269 Å². The third kappa shape index (κ3) is 7.50. The molecule has 0 radical (unpaired) electrons. The van der Waals surface area contributed by atoms with Gasteiger partial charge in [-0.15, -0.1) is 0 Å². The van der Waals surface area contributed by atoms with Gasteiger partial charge in [0.05, 0.1) is 0 Å². The van der Waals surface area contributed by atoms with Gasteiger partial charge < -0.3 is 0 Å². The number of aryl methyl sites for hydroxylation is 6. The summed E-state index contributed by atoms with van der Waals surface area (Å²) in [5.41, 5.74) is 20.0. The van der Waals surface area contributed by atoms with Crippen LogP contribution in [0.2, 0.25) is 0 Å². The monoisotopic (exact) mass is 1090 g/mol. The average Bonchev–Trinajstić information content (AvgIpc) is 4.02. The van der Waals surface area contributed by atoms with Gasteiger partial charge in [-0.05, 0) is 0 Å². The number of aromatic nitrogens is 3. The third-order valence-electron chi connectivity index (χ3n) is 16.8. The predicted octanol–water partition coefficient (Wildman–Crippen LogP) is 15.6. The second-order valence-corrected chi connectivity index (χ2v) is 30.0. The van der Waals surface area contributed by atoms with Crippen LogP contribution >= 0.6 is 0 Å². The van der Waals surface area contributed by atoms with Gasteiger partial charge in [-0.3, -0.25) is 0 Å². The Labute approximate surface area is 468 Å². The molecule has 6 heteroatoms. The molecule has 0 saturated carbocycles. The van der Waals surface area contributed by atoms with Gasteiger partial charge in [0.15, 0.2) is 0 Å². The molecule has 0 N–H and O–H groups in total. The van der Waals surface area contributed by atoms with Crippen LogP contribution in [0.1, 0.15) is 44.5 Å². The fourth-order valence-electron chi connectivity index (χ4n) is 13.1. The van der Waals surface area contributed by atoms with Crippen LogP contribution in [0.15, 0.2) is 224 Å². The summed E-state index contributed by atoms with van der Waals surface area (Å²) in [6.45, 7) is 13.2. The van der Waals surface area contributed by atoms with E-state index in [9.17, 15) is 10.5 Å². The molecule has 0 bridgehead atoms. The summed E-state index contributed by atoms with van der Waals surface area (Å²) in [5.74, 6) is 0. The molecule has 0 aliphatic carbocycles. The molecule has 11 aromatic carbocycles. The van der Waals surface area contributed by atoms with Gasteiger partial charge in [-0.1, -0.05) is 0 Å². The SMILES string of the molecule is Cc1ccc2c(c1)c1cc(C)ccc1n2-c1c[c]([Ge]([c]2ccccc2)([c]2ccccc2)[c]2ccc(-c3ccc(C#N)c(C#N)c3)cc2)cc(-n2c3ccc(C)cc3c3cc(C)ccc32)c1-n1c2ccc(C)cc2c2cc(C)ccc21. The molecular weight excluding hydrogens is 1030 g/mol. The van der Waals surface area contributed by atoms with Crippen LogP contribution in [0, 0.1) is 64.2 Å². The van der Waals surface area contributed by atoms with Gasteiger partial charge in [0.1, 0.15) is 0 Å². The van der Waals surface area contributed by atoms with Crippen molar-refractivity contribution in [1.29, 1.82) is 10.5 Å². The van der Waals surface area contributed by atoms with Crippen molar-refractivity contribution in [3.8, 4) is 40.3 Å². The Morgan fingerprint density at radius 2 is 0.613 bits per heavy atom. The molecule has 3 aromatic heterocycles. The van der Waals surface area contributed by atoms with Crippen molar-refractivity contribution in [3.63, 3.8) is 0 Å². The first-order valence-corrected chi connectivity index (χ1v) is 31.6. The Hall–Kier alpha value is -9.66. The first-order valence-electron chi connectivity index (χ1n) is 27.4. The van der Waals surface area contributed by atoms with E-state index >= 15 is 0 Å². The van der Waals surface area contributed by atoms with Crippen LogP contribution in [-0.2, 0) is 0 Å². The summed E-state index contributed by atoms with van der Waals surface area (Å²) in [6.07, 6.45) is 0. The Morgan fingerprint density at radius 3 is 0.963 bits per heavy atom. The fourth-order valence-corrected chi connectivity index (χ4v) is 23.1. The van der Waals surface area contributed by atoms with Crippen molar-refractivity contribution < 1.29 is 0 Å².